The van der Waals surface area contributed by atoms with E-state index in [-0.39, 0.29) is 249 Å². The molecular weight excluding hydrogens is 755 g/mol. The Hall–Kier alpha value is 3.50. The second-order valence-electron chi connectivity index (χ2n) is 0. The van der Waals surface area contributed by atoms with Gasteiger partial charge in [-0.25, -0.2) is 0 Å². The molecule has 0 atom stereocenters. The van der Waals surface area contributed by atoms with Gasteiger partial charge in [0, 0.05) is 18.6 Å². The van der Waals surface area contributed by atoms with E-state index in [1.165, 1.54) is 0 Å². The van der Waals surface area contributed by atoms with Gasteiger partial charge in [0.25, 0.3) is 0 Å². The van der Waals surface area contributed by atoms with Gasteiger partial charge in [-0.05, 0) is 0 Å². The Morgan fingerprint density at radius 3 is 0.321 bits per heavy atom. The van der Waals surface area contributed by atoms with Crippen LogP contribution in [0.4, 0.5) is 0 Å². The molecule has 0 heterocycles. The van der Waals surface area contributed by atoms with E-state index in [1.54, 1.807) is 0 Å². The van der Waals surface area contributed by atoms with Crippen LogP contribution >= 0.6 is 0 Å². The summed E-state index contributed by atoms with van der Waals surface area (Å²) >= 11 is 0. The summed E-state index contributed by atoms with van der Waals surface area (Å²) in [5, 5.41) is 0. The quantitative estimate of drug-likeness (QED) is 0.212. The average molecular weight is 775 g/mol. The smallest absolute Gasteiger partial charge is 0.870 e. The first-order chi connectivity index (χ1) is 0. The van der Waals surface area contributed by atoms with E-state index in [0.717, 1.165) is 0 Å². The summed E-state index contributed by atoms with van der Waals surface area (Å²) in [6, 6.07) is 0. The molecule has 0 aliphatic heterocycles. The van der Waals surface area contributed by atoms with Gasteiger partial charge in [-0.3, -0.25) is 0 Å². The molecule has 28 heteroatoms. The van der Waals surface area contributed by atoms with Gasteiger partial charge < -0.3 is 110 Å². The minimum Gasteiger partial charge on any atom is -0.870 e. The van der Waals surface area contributed by atoms with E-state index in [1.807, 2.05) is 0 Å². The Morgan fingerprint density at radius 1 is 0.321 bits per heavy atom. The van der Waals surface area contributed by atoms with Crippen molar-refractivity contribution in [3.63, 3.8) is 0 Å². The number of hydrogen-bond donors (Lipinski definition) is 0. The summed E-state index contributed by atoms with van der Waals surface area (Å²) in [4.78, 5) is 0. The van der Waals surface area contributed by atoms with E-state index >= 15 is 0 Å². The van der Waals surface area contributed by atoms with Crippen molar-refractivity contribution in [2.75, 3.05) is 0 Å². The van der Waals surface area contributed by atoms with Crippen molar-refractivity contribution in [3.05, 3.63) is 0 Å². The molecule has 0 aromatic carbocycles. The topological polar surface area (TPSA) is 600 Å². The summed E-state index contributed by atoms with van der Waals surface area (Å²) in [6.45, 7) is 0. The number of rotatable bonds is 0. The zero-order valence-corrected chi connectivity index (χ0v) is 23.1. The van der Waals surface area contributed by atoms with Crippen LogP contribution in [0.15, 0.2) is 0 Å². The van der Waals surface area contributed by atoms with E-state index in [0.29, 0.717) is 0 Å². The van der Waals surface area contributed by atoms with Gasteiger partial charge in [-0.2, -0.15) is 0 Å². The molecule has 0 fully saturated rings. The van der Waals surface area contributed by atoms with Crippen LogP contribution in [0.3, 0.4) is 0 Å². The largest absolute Gasteiger partial charge is 3.00 e. The van der Waals surface area contributed by atoms with Crippen LogP contribution in [0.25, 0.3) is 0 Å². The molecule has 0 aromatic heterocycles. The minimum atomic E-state index is 0. The van der Waals surface area contributed by atoms with Crippen LogP contribution in [0.5, 0.6) is 0 Å². The van der Waals surface area contributed by atoms with Gasteiger partial charge in [0.15, 0.2) is 0 Å². The second kappa shape index (κ2) is 2170. The van der Waals surface area contributed by atoms with Gasteiger partial charge in [0.1, 0.15) is 0 Å². The predicted octanol–water partition coefficient (Wildman–Crippen LogP) is -3.93. The molecular formula is H20AlCoCuFeMnNiO20VZn-5. The zero-order valence-electron chi connectivity index (χ0n) is 12.4. The average Bonchev–Trinajstić information content (AvgIpc) is 0. The monoisotopic (exact) mass is 773 g/mol. The summed E-state index contributed by atoms with van der Waals surface area (Å²) in [5.74, 6) is 0. The Morgan fingerprint density at radius 2 is 0.321 bits per heavy atom. The van der Waals surface area contributed by atoms with Gasteiger partial charge >= 0.3 is 121 Å². The third-order valence-corrected chi connectivity index (χ3v) is 0. The van der Waals surface area contributed by atoms with E-state index in [4.69, 9.17) is 0 Å². The van der Waals surface area contributed by atoms with Gasteiger partial charge in [0.05, 0.1) is 0 Å². The summed E-state index contributed by atoms with van der Waals surface area (Å²) in [6.07, 6.45) is 0. The maximum absolute atomic E-state index is 0. The fraction of sp³-hybridized carbons (Fsp3) is 0. The van der Waals surface area contributed by atoms with E-state index in [9.17, 15) is 0 Å². The molecule has 200 valence electrons. The maximum atomic E-state index is 0. The van der Waals surface area contributed by atoms with Crippen molar-refractivity contribution in [2.45, 2.75) is 0 Å². The molecule has 0 bridgehead atoms. The van der Waals surface area contributed by atoms with Crippen LogP contribution in [0, 0.1) is 0 Å². The molecule has 0 aromatic rings. The molecule has 0 saturated carbocycles. The first-order valence-electron chi connectivity index (χ1n) is 0. The van der Waals surface area contributed by atoms with E-state index < -0.39 is 0 Å². The number of hydrogen-bond acceptors (Lipinski definition) is 20. The molecule has 0 aliphatic rings. The molecule has 0 unspecified atom stereocenters. The first-order valence-corrected chi connectivity index (χ1v) is 0. The third kappa shape index (κ3) is 1960. The Labute approximate surface area is 247 Å². The molecule has 20 nitrogen and oxygen atoms in total. The fourth-order valence-corrected chi connectivity index (χ4v) is 0. The van der Waals surface area contributed by atoms with Gasteiger partial charge in [-0.1, -0.05) is 0 Å². The molecule has 0 rings (SSSR count). The predicted molar refractivity (Wildman–Crippen MR) is 44.5 cm³/mol. The molecule has 28 heavy (non-hydrogen) atoms. The van der Waals surface area contributed by atoms with Crippen molar-refractivity contribution >= 4 is 17.4 Å². The Balaban J connectivity index is 0. The molecule has 4 radical (unpaired) electrons. The molecule has 0 saturated heterocycles. The van der Waals surface area contributed by atoms with Crippen molar-refractivity contribution in [2.24, 2.45) is 0 Å². The summed E-state index contributed by atoms with van der Waals surface area (Å²) < 4.78 is 0. The minimum absolute atomic E-state index is 0. The Kier molecular flexibility index (Phi) is 185000. The van der Waals surface area contributed by atoms with Gasteiger partial charge in [-0.15, -0.1) is 0 Å². The second-order valence-corrected chi connectivity index (χ2v) is 0. The van der Waals surface area contributed by atoms with Gasteiger partial charge in [0.2, 0.25) is 0 Å². The Bertz CT molecular complexity index is 48.2. The summed E-state index contributed by atoms with van der Waals surface area (Å²) in [7, 11) is 0. The molecule has 0 aliphatic carbocycles. The van der Waals surface area contributed by atoms with Crippen LogP contribution in [-0.2, 0) is 123 Å². The van der Waals surface area contributed by atoms with Crippen LogP contribution in [-0.4, -0.2) is 127 Å². The standard InChI is InChI=1S/Al.Co.Cu.Fe.Mn.Ni.20H2O.V.Zn/h;;;;;;20*1H2;;/q+3;5*+2;;;;;;;;;;;;;;;;;;;;;;+2/p-20. The molecule has 20 N–H and O–H groups in total. The van der Waals surface area contributed by atoms with Crippen molar-refractivity contribution < 1.29 is 232 Å². The van der Waals surface area contributed by atoms with Crippen LogP contribution < -0.4 is 0 Å². The first kappa shape index (κ1) is 2390. The normalized spacial score (nSPS) is 0. The third-order valence-electron chi connectivity index (χ3n) is 0. The zero-order chi connectivity index (χ0) is 0. The van der Waals surface area contributed by atoms with Crippen LogP contribution in [0.1, 0.15) is 0 Å². The molecule has 0 amide bonds. The van der Waals surface area contributed by atoms with Crippen molar-refractivity contribution in [3.8, 4) is 0 Å². The SMILES string of the molecule is [Al+3].[Co+2].[Cu+2].[Fe+2].[Mn+2].[Ni+2].[OH-].[OH-].[OH-].[OH-].[OH-].[OH-].[OH-].[OH-].[OH-].[OH-].[OH-].[OH-].[OH-].[OH-].[OH-].[OH-].[OH-].[OH-].[OH-].[OH-].[V].[Zn+2]. The van der Waals surface area contributed by atoms with E-state index in [2.05, 4.69) is 0 Å². The molecule has 0 spiro atoms. The fourth-order valence-electron chi connectivity index (χ4n) is 0. The maximum Gasteiger partial charge on any atom is 3.00 e. The van der Waals surface area contributed by atoms with Crippen LogP contribution in [0.2, 0.25) is 0 Å². The van der Waals surface area contributed by atoms with Crippen molar-refractivity contribution in [1.29, 1.82) is 0 Å². The summed E-state index contributed by atoms with van der Waals surface area (Å²) in [5.41, 5.74) is 0. The van der Waals surface area contributed by atoms with Crippen molar-refractivity contribution in [1.82, 2.24) is 0 Å².